The summed E-state index contributed by atoms with van der Waals surface area (Å²) in [4.78, 5) is 28.2. The zero-order valence-corrected chi connectivity index (χ0v) is 18.3. The maximum atomic E-state index is 14.8. The highest BCUT2D eigenvalue weighted by Gasteiger charge is 2.29. The van der Waals surface area contributed by atoms with Crippen LogP contribution in [0.1, 0.15) is 40.1 Å². The normalized spacial score (nSPS) is 11.8. The third kappa shape index (κ3) is 4.96. The van der Waals surface area contributed by atoms with Gasteiger partial charge in [-0.1, -0.05) is 41.1 Å². The van der Waals surface area contributed by atoms with Crippen LogP contribution in [0.5, 0.6) is 0 Å². The van der Waals surface area contributed by atoms with Crippen molar-refractivity contribution in [2.45, 2.75) is 33.4 Å². The number of hydrogen-bond donors (Lipinski definition) is 0. The fourth-order valence-electron chi connectivity index (χ4n) is 3.17. The van der Waals surface area contributed by atoms with Crippen molar-refractivity contribution in [1.82, 2.24) is 19.9 Å². The highest BCUT2D eigenvalue weighted by atomic mass is 19.1. The molecular formula is C23H26FN5O2. The van der Waals surface area contributed by atoms with E-state index in [4.69, 9.17) is 0 Å². The van der Waals surface area contributed by atoms with E-state index in [2.05, 4.69) is 10.3 Å². The molecule has 1 aromatic heterocycles. The molecule has 1 atom stereocenters. The van der Waals surface area contributed by atoms with E-state index in [9.17, 15) is 14.0 Å². The third-order valence-corrected chi connectivity index (χ3v) is 5.08. The van der Waals surface area contributed by atoms with Gasteiger partial charge in [-0.25, -0.2) is 9.07 Å². The second-order valence-corrected chi connectivity index (χ2v) is 7.81. The molecule has 0 radical (unpaired) electrons. The van der Waals surface area contributed by atoms with Gasteiger partial charge in [0.1, 0.15) is 12.4 Å². The van der Waals surface area contributed by atoms with Crippen LogP contribution in [-0.2, 0) is 11.3 Å². The lowest BCUT2D eigenvalue weighted by atomic mass is 10.0. The number of anilines is 1. The first-order chi connectivity index (χ1) is 14.7. The molecule has 2 aromatic carbocycles. The number of carbonyl (C=O) groups is 2. The lowest BCUT2D eigenvalue weighted by molar-refractivity contribution is -0.129. The minimum Gasteiger partial charge on any atom is -0.347 e. The quantitative estimate of drug-likeness (QED) is 0.608. The fraction of sp³-hybridized carbons (Fsp3) is 0.304. The van der Waals surface area contributed by atoms with E-state index < -0.39 is 17.8 Å². The zero-order chi connectivity index (χ0) is 22.7. The average molecular weight is 423 g/mol. The molecule has 2 amide bonds. The van der Waals surface area contributed by atoms with Crippen molar-refractivity contribution in [2.24, 2.45) is 0 Å². The Bertz CT molecular complexity index is 1090. The van der Waals surface area contributed by atoms with E-state index in [0.717, 1.165) is 16.7 Å². The summed E-state index contributed by atoms with van der Waals surface area (Å²) in [5.74, 6) is -1.19. The van der Waals surface area contributed by atoms with E-state index in [1.54, 1.807) is 26.2 Å². The molecule has 0 bridgehead atoms. The number of hydrogen-bond acceptors (Lipinski definition) is 4. The molecule has 0 aliphatic heterocycles. The highest BCUT2D eigenvalue weighted by Crippen LogP contribution is 2.31. The Morgan fingerprint density at radius 3 is 2.35 bits per heavy atom. The predicted molar refractivity (Wildman–Crippen MR) is 116 cm³/mol. The molecule has 1 heterocycles. The average Bonchev–Trinajstić information content (AvgIpc) is 3.19. The van der Waals surface area contributed by atoms with Gasteiger partial charge in [-0.3, -0.25) is 14.5 Å². The molecule has 0 fully saturated rings. The second-order valence-electron chi connectivity index (χ2n) is 7.81. The van der Waals surface area contributed by atoms with Gasteiger partial charge in [0.15, 0.2) is 5.69 Å². The third-order valence-electron chi connectivity index (χ3n) is 5.08. The van der Waals surface area contributed by atoms with Gasteiger partial charge in [0.2, 0.25) is 5.91 Å². The Kier molecular flexibility index (Phi) is 6.48. The van der Waals surface area contributed by atoms with Gasteiger partial charge in [-0.05, 0) is 44.0 Å². The molecule has 7 nitrogen and oxygen atoms in total. The minimum absolute atomic E-state index is 0.0337. The summed E-state index contributed by atoms with van der Waals surface area (Å²) in [5.41, 5.74) is 2.97. The van der Waals surface area contributed by atoms with Crippen molar-refractivity contribution < 1.29 is 14.0 Å². The first kappa shape index (κ1) is 22.1. The Balaban J connectivity index is 2.01. The summed E-state index contributed by atoms with van der Waals surface area (Å²) in [6.45, 7) is 5.61. The lowest BCUT2D eigenvalue weighted by Crippen LogP contribution is -2.34. The molecule has 3 rings (SSSR count). The van der Waals surface area contributed by atoms with E-state index >= 15 is 0 Å². The van der Waals surface area contributed by atoms with Crippen LogP contribution in [0.2, 0.25) is 0 Å². The SMILES string of the molecule is Cc1ccc([C@H](C)N(C(=O)c2cn(CC(=O)N(C)C)nn2)c2cc(C)ccc2F)cc1. The van der Waals surface area contributed by atoms with Gasteiger partial charge < -0.3 is 4.90 Å². The number of amides is 2. The molecule has 31 heavy (non-hydrogen) atoms. The lowest BCUT2D eigenvalue weighted by Gasteiger charge is -2.29. The summed E-state index contributed by atoms with van der Waals surface area (Å²) in [6, 6.07) is 11.9. The number of aromatic nitrogens is 3. The monoisotopic (exact) mass is 423 g/mol. The molecule has 0 saturated heterocycles. The number of benzene rings is 2. The summed E-state index contributed by atoms with van der Waals surface area (Å²) >= 11 is 0. The first-order valence-corrected chi connectivity index (χ1v) is 9.94. The number of rotatable bonds is 6. The van der Waals surface area contributed by atoms with Crippen molar-refractivity contribution in [3.05, 3.63) is 76.9 Å². The molecule has 0 saturated carbocycles. The van der Waals surface area contributed by atoms with Gasteiger partial charge in [0.05, 0.1) is 17.9 Å². The standard InChI is InChI=1S/C23H26FN5O2/c1-15-6-9-18(10-7-15)17(3)29(21-12-16(2)8-11-19(21)24)23(31)20-13-28(26-25-20)14-22(30)27(4)5/h6-13,17H,14H2,1-5H3/t17-/m0/s1. The Morgan fingerprint density at radius 1 is 1.06 bits per heavy atom. The summed E-state index contributed by atoms with van der Waals surface area (Å²) < 4.78 is 16.1. The van der Waals surface area contributed by atoms with Crippen LogP contribution < -0.4 is 4.90 Å². The predicted octanol–water partition coefficient (Wildman–Crippen LogP) is 3.53. The summed E-state index contributed by atoms with van der Waals surface area (Å²) in [5, 5.41) is 7.84. The van der Waals surface area contributed by atoms with Gasteiger partial charge >= 0.3 is 0 Å². The van der Waals surface area contributed by atoms with Crippen LogP contribution in [-0.4, -0.2) is 45.8 Å². The van der Waals surface area contributed by atoms with Crippen molar-refractivity contribution in [3.8, 4) is 0 Å². The van der Waals surface area contributed by atoms with E-state index in [0.29, 0.717) is 0 Å². The van der Waals surface area contributed by atoms with Crippen LogP contribution >= 0.6 is 0 Å². The van der Waals surface area contributed by atoms with Gasteiger partial charge in [0.25, 0.3) is 5.91 Å². The second kappa shape index (κ2) is 9.07. The summed E-state index contributed by atoms with van der Waals surface area (Å²) in [7, 11) is 3.27. The van der Waals surface area contributed by atoms with E-state index in [1.807, 2.05) is 45.0 Å². The molecule has 3 aromatic rings. The molecule has 8 heteroatoms. The van der Waals surface area contributed by atoms with Gasteiger partial charge in [-0.2, -0.15) is 0 Å². The smallest absolute Gasteiger partial charge is 0.281 e. The Labute approximate surface area is 181 Å². The number of halogens is 1. The van der Waals surface area contributed by atoms with Gasteiger partial charge in [-0.15, -0.1) is 5.10 Å². The molecule has 0 aliphatic rings. The van der Waals surface area contributed by atoms with Crippen molar-refractivity contribution in [1.29, 1.82) is 0 Å². The summed E-state index contributed by atoms with van der Waals surface area (Å²) in [6.07, 6.45) is 1.41. The Hall–Kier alpha value is -3.55. The number of nitrogens with zero attached hydrogens (tertiary/aromatic N) is 5. The fourth-order valence-corrected chi connectivity index (χ4v) is 3.17. The molecule has 0 spiro atoms. The molecular weight excluding hydrogens is 397 g/mol. The maximum Gasteiger partial charge on any atom is 0.281 e. The topological polar surface area (TPSA) is 71.3 Å². The number of carbonyl (C=O) groups excluding carboxylic acids is 2. The van der Waals surface area contributed by atoms with Crippen molar-refractivity contribution in [2.75, 3.05) is 19.0 Å². The van der Waals surface area contributed by atoms with E-state index in [-0.39, 0.29) is 23.8 Å². The maximum absolute atomic E-state index is 14.8. The number of likely N-dealkylation sites (N-methyl/N-ethyl adjacent to an activating group) is 1. The van der Waals surface area contributed by atoms with Crippen LogP contribution in [0, 0.1) is 19.7 Å². The molecule has 0 N–H and O–H groups in total. The molecule has 0 aliphatic carbocycles. The largest absolute Gasteiger partial charge is 0.347 e. The van der Waals surface area contributed by atoms with Crippen LogP contribution in [0.15, 0.2) is 48.7 Å². The molecule has 162 valence electrons. The first-order valence-electron chi connectivity index (χ1n) is 9.94. The van der Waals surface area contributed by atoms with Crippen LogP contribution in [0.4, 0.5) is 10.1 Å². The highest BCUT2D eigenvalue weighted by molar-refractivity contribution is 6.05. The minimum atomic E-state index is -0.506. The van der Waals surface area contributed by atoms with Crippen LogP contribution in [0.25, 0.3) is 0 Å². The number of aryl methyl sites for hydroxylation is 2. The zero-order valence-electron chi connectivity index (χ0n) is 18.3. The Morgan fingerprint density at radius 2 is 1.71 bits per heavy atom. The molecule has 0 unspecified atom stereocenters. The van der Waals surface area contributed by atoms with E-state index in [1.165, 1.54) is 26.7 Å². The van der Waals surface area contributed by atoms with Crippen LogP contribution in [0.3, 0.4) is 0 Å². The van der Waals surface area contributed by atoms with Gasteiger partial charge in [0, 0.05) is 14.1 Å². The van der Waals surface area contributed by atoms with Crippen molar-refractivity contribution in [3.63, 3.8) is 0 Å². The van der Waals surface area contributed by atoms with Crippen molar-refractivity contribution >= 4 is 17.5 Å².